The van der Waals surface area contributed by atoms with E-state index in [1.54, 1.807) is 0 Å². The lowest BCUT2D eigenvalue weighted by molar-refractivity contribution is 0.0667. The molecular weight excluding hydrogens is 202 g/mol. The second kappa shape index (κ2) is 4.11. The van der Waals surface area contributed by atoms with Crippen LogP contribution in [0.3, 0.4) is 0 Å². The zero-order chi connectivity index (χ0) is 9.80. The largest absolute Gasteiger partial charge is 0.389 e. The second-order valence-electron chi connectivity index (χ2n) is 2.69. The van der Waals surface area contributed by atoms with E-state index in [1.807, 2.05) is 30.3 Å². The average Bonchev–Trinajstić information content (AvgIpc) is 2.63. The number of hydrogen-bond acceptors (Lipinski definition) is 3. The lowest BCUT2D eigenvalue weighted by Gasteiger charge is -2.04. The lowest BCUT2D eigenvalue weighted by atomic mass is 10.2. The Hall–Kier alpha value is -1.55. The fourth-order valence-electron chi connectivity index (χ4n) is 1.01. The molecule has 0 atom stereocenters. The smallest absolute Gasteiger partial charge is 0.188 e. The number of hydrogen-bond donors (Lipinski definition) is 0. The molecule has 0 saturated heterocycles. The molecule has 4 nitrogen and oxygen atoms in total. The number of nitrogens with zero attached hydrogens (tertiary/aromatic N) is 3. The quantitative estimate of drug-likeness (QED) is 0.770. The van der Waals surface area contributed by atoms with Gasteiger partial charge >= 0.3 is 0 Å². The van der Waals surface area contributed by atoms with Crippen LogP contribution < -0.4 is 4.84 Å². The van der Waals surface area contributed by atoms with Crippen LogP contribution in [0.5, 0.6) is 0 Å². The maximum absolute atomic E-state index is 5.72. The van der Waals surface area contributed by atoms with Gasteiger partial charge < -0.3 is 4.84 Å². The fourth-order valence-corrected chi connectivity index (χ4v) is 1.14. The second-order valence-corrected chi connectivity index (χ2v) is 3.08. The van der Waals surface area contributed by atoms with Gasteiger partial charge in [0, 0.05) is 0 Å². The van der Waals surface area contributed by atoms with E-state index in [2.05, 4.69) is 10.3 Å². The van der Waals surface area contributed by atoms with Crippen molar-refractivity contribution in [3.63, 3.8) is 0 Å². The van der Waals surface area contributed by atoms with Crippen LogP contribution in [-0.2, 0) is 6.61 Å². The van der Waals surface area contributed by atoms with Crippen LogP contribution >= 0.6 is 11.6 Å². The van der Waals surface area contributed by atoms with Crippen molar-refractivity contribution in [3.05, 3.63) is 47.2 Å². The zero-order valence-corrected chi connectivity index (χ0v) is 8.05. The summed E-state index contributed by atoms with van der Waals surface area (Å²) in [5.74, 6) is 0. The maximum atomic E-state index is 5.72. The lowest BCUT2D eigenvalue weighted by Crippen LogP contribution is -2.12. The molecule has 72 valence electrons. The third-order valence-electron chi connectivity index (χ3n) is 1.68. The summed E-state index contributed by atoms with van der Waals surface area (Å²) in [5, 5.41) is 7.60. The predicted octanol–water partition coefficient (Wildman–Crippen LogP) is 1.56. The Morgan fingerprint density at radius 2 is 2.07 bits per heavy atom. The first-order valence-electron chi connectivity index (χ1n) is 4.09. The van der Waals surface area contributed by atoms with E-state index in [0.29, 0.717) is 11.8 Å². The van der Waals surface area contributed by atoms with Crippen LogP contribution in [0.25, 0.3) is 0 Å². The summed E-state index contributed by atoms with van der Waals surface area (Å²) >= 11 is 5.72. The summed E-state index contributed by atoms with van der Waals surface area (Å²) in [7, 11) is 0. The van der Waals surface area contributed by atoms with Crippen molar-refractivity contribution < 1.29 is 4.84 Å². The van der Waals surface area contributed by atoms with E-state index >= 15 is 0 Å². The van der Waals surface area contributed by atoms with Gasteiger partial charge in [-0.3, -0.25) is 0 Å². The predicted molar refractivity (Wildman–Crippen MR) is 51.8 cm³/mol. The van der Waals surface area contributed by atoms with Crippen LogP contribution in [0.2, 0.25) is 5.15 Å². The monoisotopic (exact) mass is 209 g/mol. The molecule has 1 heterocycles. The number of halogens is 1. The first-order valence-corrected chi connectivity index (χ1v) is 4.47. The summed E-state index contributed by atoms with van der Waals surface area (Å²) < 4.78 is 0. The molecule has 1 aromatic heterocycles. The molecule has 0 fully saturated rings. The molecule has 0 spiro atoms. The molecule has 2 rings (SSSR count). The molecular formula is C9H8ClN3O. The van der Waals surface area contributed by atoms with Gasteiger partial charge in [0.15, 0.2) is 5.15 Å². The molecule has 0 unspecified atom stereocenters. The van der Waals surface area contributed by atoms with Crippen molar-refractivity contribution in [2.75, 3.05) is 0 Å². The molecule has 0 bridgehead atoms. The molecule has 0 aliphatic heterocycles. The van der Waals surface area contributed by atoms with Gasteiger partial charge in [-0.25, -0.2) is 0 Å². The van der Waals surface area contributed by atoms with Crippen molar-refractivity contribution in [3.8, 4) is 0 Å². The van der Waals surface area contributed by atoms with Crippen molar-refractivity contribution in [1.29, 1.82) is 0 Å². The van der Waals surface area contributed by atoms with Gasteiger partial charge in [0.25, 0.3) is 0 Å². The molecule has 0 aliphatic rings. The molecule has 1 aromatic carbocycles. The maximum Gasteiger partial charge on any atom is 0.188 e. The SMILES string of the molecule is Clc1cnnn1OCc1ccccc1. The summed E-state index contributed by atoms with van der Waals surface area (Å²) in [4.78, 5) is 6.46. The van der Waals surface area contributed by atoms with E-state index in [9.17, 15) is 0 Å². The van der Waals surface area contributed by atoms with E-state index in [-0.39, 0.29) is 0 Å². The molecule has 0 radical (unpaired) electrons. The van der Waals surface area contributed by atoms with Gasteiger partial charge in [-0.05, 0) is 10.8 Å². The van der Waals surface area contributed by atoms with E-state index in [0.717, 1.165) is 5.56 Å². The van der Waals surface area contributed by atoms with Gasteiger partial charge in [0.2, 0.25) is 0 Å². The van der Waals surface area contributed by atoms with Gasteiger partial charge in [-0.1, -0.05) is 46.8 Å². The van der Waals surface area contributed by atoms with Gasteiger partial charge in [-0.2, -0.15) is 0 Å². The van der Waals surface area contributed by atoms with Crippen LogP contribution in [0.15, 0.2) is 36.5 Å². The van der Waals surface area contributed by atoms with E-state index < -0.39 is 0 Å². The van der Waals surface area contributed by atoms with Crippen LogP contribution in [0, 0.1) is 0 Å². The molecule has 0 aliphatic carbocycles. The Morgan fingerprint density at radius 3 is 2.71 bits per heavy atom. The van der Waals surface area contributed by atoms with Crippen LogP contribution in [0.4, 0.5) is 0 Å². The van der Waals surface area contributed by atoms with Crippen molar-refractivity contribution in [2.24, 2.45) is 0 Å². The van der Waals surface area contributed by atoms with Gasteiger partial charge in [0.1, 0.15) is 6.61 Å². The standard InChI is InChI=1S/C9H8ClN3O/c10-9-6-11-12-13(9)14-7-8-4-2-1-3-5-8/h1-6H,7H2. The minimum Gasteiger partial charge on any atom is -0.389 e. The van der Waals surface area contributed by atoms with E-state index in [4.69, 9.17) is 16.4 Å². The molecule has 5 heteroatoms. The summed E-state index contributed by atoms with van der Waals surface area (Å²) in [6.45, 7) is 0.421. The Labute approximate surface area is 86.0 Å². The number of aromatic nitrogens is 3. The molecule has 0 saturated carbocycles. The third-order valence-corrected chi connectivity index (χ3v) is 1.92. The molecule has 2 aromatic rings. The van der Waals surface area contributed by atoms with Crippen molar-refractivity contribution in [2.45, 2.75) is 6.61 Å². The minimum absolute atomic E-state index is 0.362. The Morgan fingerprint density at radius 1 is 1.29 bits per heavy atom. The van der Waals surface area contributed by atoms with Gasteiger partial charge in [-0.15, -0.1) is 5.10 Å². The fraction of sp³-hybridized carbons (Fsp3) is 0.111. The highest BCUT2D eigenvalue weighted by Gasteiger charge is 2.00. The first kappa shape index (κ1) is 9.02. The topological polar surface area (TPSA) is 39.9 Å². The third kappa shape index (κ3) is 2.03. The highest BCUT2D eigenvalue weighted by molar-refractivity contribution is 6.29. The Kier molecular flexibility index (Phi) is 2.65. The van der Waals surface area contributed by atoms with Crippen molar-refractivity contribution >= 4 is 11.6 Å². The minimum atomic E-state index is 0.362. The van der Waals surface area contributed by atoms with Crippen LogP contribution in [0.1, 0.15) is 5.56 Å². The Bertz CT molecular complexity index is 401. The van der Waals surface area contributed by atoms with Gasteiger partial charge in [0.05, 0.1) is 6.20 Å². The molecule has 0 amide bonds. The summed E-state index contributed by atoms with van der Waals surface area (Å²) in [6, 6.07) is 9.77. The first-order chi connectivity index (χ1) is 6.86. The molecule has 14 heavy (non-hydrogen) atoms. The Balaban J connectivity index is 1.99. The highest BCUT2D eigenvalue weighted by atomic mass is 35.5. The summed E-state index contributed by atoms with van der Waals surface area (Å²) in [6.07, 6.45) is 1.42. The zero-order valence-electron chi connectivity index (χ0n) is 7.30. The number of rotatable bonds is 3. The normalized spacial score (nSPS) is 10.1. The highest BCUT2D eigenvalue weighted by Crippen LogP contribution is 2.03. The van der Waals surface area contributed by atoms with Crippen LogP contribution in [-0.4, -0.2) is 15.2 Å². The summed E-state index contributed by atoms with van der Waals surface area (Å²) in [5.41, 5.74) is 1.05. The molecule has 0 N–H and O–H groups in total. The van der Waals surface area contributed by atoms with Crippen molar-refractivity contribution in [1.82, 2.24) is 15.2 Å². The van der Waals surface area contributed by atoms with E-state index in [1.165, 1.54) is 11.0 Å². The average molecular weight is 210 g/mol. The number of benzene rings is 1.